The molecule has 0 amide bonds. The molecule has 5 atom stereocenters. The molecule has 3 aliphatic heterocycles. The lowest BCUT2D eigenvalue weighted by Crippen LogP contribution is -2.39. The van der Waals surface area contributed by atoms with Crippen molar-refractivity contribution in [3.05, 3.63) is 0 Å². The second-order valence-corrected chi connectivity index (χ2v) is 2.93. The van der Waals surface area contributed by atoms with Gasteiger partial charge < -0.3 is 19.3 Å². The van der Waals surface area contributed by atoms with Crippen LogP contribution in [0.4, 0.5) is 0 Å². The SMILES string of the molecule is O[C@@H]1C2CO[C@H](O2)[C@@H]2OC12. The Labute approximate surface area is 57.7 Å². The van der Waals surface area contributed by atoms with Crippen LogP contribution in [-0.2, 0) is 14.2 Å². The van der Waals surface area contributed by atoms with Crippen LogP contribution < -0.4 is 0 Å². The first-order valence-corrected chi connectivity index (χ1v) is 3.47. The van der Waals surface area contributed by atoms with Crippen molar-refractivity contribution in [3.8, 4) is 0 Å². The minimum atomic E-state index is -0.469. The quantitative estimate of drug-likeness (QED) is 0.437. The molecular formula is C6H8O4. The summed E-state index contributed by atoms with van der Waals surface area (Å²) < 4.78 is 15.6. The molecule has 4 nitrogen and oxygen atoms in total. The monoisotopic (exact) mass is 144 g/mol. The Morgan fingerprint density at radius 1 is 1.20 bits per heavy atom. The van der Waals surface area contributed by atoms with Crippen LogP contribution in [0.1, 0.15) is 0 Å². The molecule has 3 rings (SSSR count). The van der Waals surface area contributed by atoms with Gasteiger partial charge in [0.1, 0.15) is 24.4 Å². The average Bonchev–Trinajstić information content (AvgIpc) is 2.61. The Morgan fingerprint density at radius 3 is 3.00 bits per heavy atom. The number of hydrogen-bond acceptors (Lipinski definition) is 4. The van der Waals surface area contributed by atoms with Crippen molar-refractivity contribution in [1.29, 1.82) is 0 Å². The van der Waals surface area contributed by atoms with Gasteiger partial charge in [0, 0.05) is 0 Å². The molecule has 2 bridgehead atoms. The Kier molecular flexibility index (Phi) is 0.840. The van der Waals surface area contributed by atoms with Crippen molar-refractivity contribution in [3.63, 3.8) is 0 Å². The van der Waals surface area contributed by atoms with E-state index in [-0.39, 0.29) is 24.6 Å². The van der Waals surface area contributed by atoms with Crippen molar-refractivity contribution in [2.24, 2.45) is 0 Å². The molecule has 0 saturated carbocycles. The molecule has 3 aliphatic rings. The van der Waals surface area contributed by atoms with Crippen LogP contribution in [0.15, 0.2) is 0 Å². The molecule has 0 spiro atoms. The molecule has 10 heavy (non-hydrogen) atoms. The normalized spacial score (nSPS) is 63.9. The summed E-state index contributed by atoms with van der Waals surface area (Å²) in [6, 6.07) is 0. The highest BCUT2D eigenvalue weighted by molar-refractivity contribution is 5.03. The lowest BCUT2D eigenvalue weighted by Gasteiger charge is -2.18. The van der Waals surface area contributed by atoms with Gasteiger partial charge in [-0.05, 0) is 0 Å². The van der Waals surface area contributed by atoms with Crippen molar-refractivity contribution >= 4 is 0 Å². The maximum absolute atomic E-state index is 9.38. The van der Waals surface area contributed by atoms with Gasteiger partial charge >= 0.3 is 0 Å². The van der Waals surface area contributed by atoms with E-state index in [2.05, 4.69) is 0 Å². The standard InChI is InChI=1S/C6H8O4/c7-3-2-1-8-6(9-2)5-4(3)10-5/h2-7H,1H2/t2?,3-,4?,5-,6-/m1/s1. The van der Waals surface area contributed by atoms with Crippen molar-refractivity contribution in [2.75, 3.05) is 6.61 Å². The van der Waals surface area contributed by atoms with E-state index in [4.69, 9.17) is 14.2 Å². The zero-order valence-electron chi connectivity index (χ0n) is 5.27. The molecule has 56 valence electrons. The van der Waals surface area contributed by atoms with Crippen LogP contribution in [0.3, 0.4) is 0 Å². The van der Waals surface area contributed by atoms with Gasteiger partial charge in [-0.15, -0.1) is 0 Å². The molecule has 0 aliphatic carbocycles. The zero-order valence-corrected chi connectivity index (χ0v) is 5.27. The lowest BCUT2D eigenvalue weighted by atomic mass is 10.1. The van der Waals surface area contributed by atoms with Crippen LogP contribution in [0.2, 0.25) is 0 Å². The predicted molar refractivity (Wildman–Crippen MR) is 29.3 cm³/mol. The van der Waals surface area contributed by atoms with Crippen LogP contribution >= 0.6 is 0 Å². The third-order valence-corrected chi connectivity index (χ3v) is 2.28. The second kappa shape index (κ2) is 1.53. The fourth-order valence-corrected chi connectivity index (χ4v) is 1.63. The summed E-state index contributed by atoms with van der Waals surface area (Å²) in [5.74, 6) is 0. The molecule has 0 aromatic carbocycles. The summed E-state index contributed by atoms with van der Waals surface area (Å²) in [4.78, 5) is 0. The second-order valence-electron chi connectivity index (χ2n) is 2.93. The van der Waals surface area contributed by atoms with Gasteiger partial charge in [0.2, 0.25) is 0 Å². The zero-order chi connectivity index (χ0) is 6.72. The highest BCUT2D eigenvalue weighted by Crippen LogP contribution is 2.41. The van der Waals surface area contributed by atoms with E-state index < -0.39 is 6.10 Å². The number of rotatable bonds is 0. The fourth-order valence-electron chi connectivity index (χ4n) is 1.63. The molecule has 0 aromatic heterocycles. The van der Waals surface area contributed by atoms with Crippen molar-refractivity contribution < 1.29 is 19.3 Å². The van der Waals surface area contributed by atoms with Crippen LogP contribution in [0.25, 0.3) is 0 Å². The van der Waals surface area contributed by atoms with Gasteiger partial charge in [-0.25, -0.2) is 0 Å². The van der Waals surface area contributed by atoms with Gasteiger partial charge in [-0.3, -0.25) is 0 Å². The van der Waals surface area contributed by atoms with Crippen LogP contribution in [-0.4, -0.2) is 42.4 Å². The van der Waals surface area contributed by atoms with Gasteiger partial charge in [-0.2, -0.15) is 0 Å². The molecule has 3 saturated heterocycles. The van der Waals surface area contributed by atoms with E-state index in [1.54, 1.807) is 0 Å². The third-order valence-electron chi connectivity index (χ3n) is 2.28. The van der Waals surface area contributed by atoms with Crippen molar-refractivity contribution in [1.82, 2.24) is 0 Å². The summed E-state index contributed by atoms with van der Waals surface area (Å²) in [7, 11) is 0. The van der Waals surface area contributed by atoms with Gasteiger partial charge in [0.25, 0.3) is 0 Å². The topological polar surface area (TPSA) is 51.2 Å². The molecule has 4 heteroatoms. The molecule has 1 N–H and O–H groups in total. The maximum Gasteiger partial charge on any atom is 0.187 e. The van der Waals surface area contributed by atoms with Gasteiger partial charge in [-0.1, -0.05) is 0 Å². The molecule has 0 aromatic rings. The number of epoxide rings is 1. The maximum atomic E-state index is 9.38. The summed E-state index contributed by atoms with van der Waals surface area (Å²) in [5, 5.41) is 9.38. The molecule has 0 radical (unpaired) electrons. The minimum absolute atomic E-state index is 0.00810. The first-order valence-electron chi connectivity index (χ1n) is 3.47. The minimum Gasteiger partial charge on any atom is -0.387 e. The Balaban J connectivity index is 1.91. The molecule has 2 unspecified atom stereocenters. The largest absolute Gasteiger partial charge is 0.387 e. The molecule has 3 fully saturated rings. The number of aliphatic hydroxyl groups excluding tert-OH is 1. The van der Waals surface area contributed by atoms with E-state index in [0.29, 0.717) is 6.61 Å². The lowest BCUT2D eigenvalue weighted by molar-refractivity contribution is -0.103. The summed E-state index contributed by atoms with van der Waals surface area (Å²) in [5.41, 5.74) is 0. The first-order chi connectivity index (χ1) is 4.86. The number of hydrogen-bond donors (Lipinski definition) is 1. The highest BCUT2D eigenvalue weighted by atomic mass is 16.8. The summed E-state index contributed by atoms with van der Waals surface area (Å²) in [6.07, 6.45) is -0.809. The number of fused-ring (bicyclic) bond motifs is 4. The van der Waals surface area contributed by atoms with Gasteiger partial charge in [0.15, 0.2) is 6.29 Å². The number of ether oxygens (including phenoxy) is 3. The van der Waals surface area contributed by atoms with Crippen LogP contribution in [0, 0.1) is 0 Å². The Morgan fingerprint density at radius 2 is 2.10 bits per heavy atom. The Hall–Kier alpha value is -0.160. The smallest absolute Gasteiger partial charge is 0.187 e. The number of aliphatic hydroxyl groups is 1. The molecule has 3 heterocycles. The van der Waals surface area contributed by atoms with E-state index in [9.17, 15) is 5.11 Å². The molecular weight excluding hydrogens is 136 g/mol. The van der Waals surface area contributed by atoms with E-state index in [1.165, 1.54) is 0 Å². The predicted octanol–water partition coefficient (Wildman–Crippen LogP) is -1.13. The van der Waals surface area contributed by atoms with Crippen molar-refractivity contribution in [2.45, 2.75) is 30.7 Å². The average molecular weight is 144 g/mol. The Bertz CT molecular complexity index is 169. The summed E-state index contributed by atoms with van der Waals surface area (Å²) in [6.45, 7) is 0.516. The first kappa shape index (κ1) is 5.49. The van der Waals surface area contributed by atoms with E-state index >= 15 is 0 Å². The van der Waals surface area contributed by atoms with E-state index in [1.807, 2.05) is 0 Å². The van der Waals surface area contributed by atoms with Crippen LogP contribution in [0.5, 0.6) is 0 Å². The summed E-state index contributed by atoms with van der Waals surface area (Å²) >= 11 is 0. The van der Waals surface area contributed by atoms with Gasteiger partial charge in [0.05, 0.1) is 6.61 Å². The highest BCUT2D eigenvalue weighted by Gasteiger charge is 2.61. The van der Waals surface area contributed by atoms with E-state index in [0.717, 1.165) is 0 Å². The fraction of sp³-hybridized carbons (Fsp3) is 1.00. The third kappa shape index (κ3) is 0.509.